The molecule has 1 saturated carbocycles. The summed E-state index contributed by atoms with van der Waals surface area (Å²) in [6.07, 6.45) is 6.17. The lowest BCUT2D eigenvalue weighted by Crippen LogP contribution is -2.12. The third kappa shape index (κ3) is 3.47. The highest BCUT2D eigenvalue weighted by molar-refractivity contribution is 5.88. The largest absolute Gasteiger partial charge is 0.206 e. The fourth-order valence-corrected chi connectivity index (χ4v) is 4.35. The van der Waals surface area contributed by atoms with Crippen molar-refractivity contribution in [2.24, 2.45) is 5.92 Å². The highest BCUT2D eigenvalue weighted by Crippen LogP contribution is 2.38. The average molecular weight is 368 g/mol. The molecule has 4 rings (SSSR count). The van der Waals surface area contributed by atoms with Gasteiger partial charge in [-0.1, -0.05) is 49.7 Å². The van der Waals surface area contributed by atoms with Crippen molar-refractivity contribution < 1.29 is 13.2 Å². The molecule has 3 heteroatoms. The summed E-state index contributed by atoms with van der Waals surface area (Å²) in [5.74, 6) is -0.892. The predicted molar refractivity (Wildman–Crippen MR) is 104 cm³/mol. The lowest BCUT2D eigenvalue weighted by Gasteiger charge is -2.28. The van der Waals surface area contributed by atoms with Gasteiger partial charge in [0.1, 0.15) is 5.82 Å². The van der Waals surface area contributed by atoms with E-state index in [4.69, 9.17) is 0 Å². The molecule has 140 valence electrons. The maximum Gasteiger partial charge on any atom is 0.159 e. The summed E-state index contributed by atoms with van der Waals surface area (Å²) in [6, 6.07) is 12.9. The average Bonchev–Trinajstić information content (AvgIpc) is 2.70. The zero-order valence-electron chi connectivity index (χ0n) is 15.4. The van der Waals surface area contributed by atoms with Gasteiger partial charge in [0.05, 0.1) is 0 Å². The van der Waals surface area contributed by atoms with Gasteiger partial charge in [-0.3, -0.25) is 0 Å². The standard InChI is InChI=1S/C24H23F3/c1-2-15-3-5-16(6-4-15)17-7-10-20-18(13-17)8-11-21(24(20)27)19-9-12-22(25)23(26)14-19/h7-16H,2-6H2,1H3. The monoisotopic (exact) mass is 368 g/mol. The minimum atomic E-state index is -0.968. The van der Waals surface area contributed by atoms with Crippen LogP contribution in [-0.2, 0) is 0 Å². The van der Waals surface area contributed by atoms with Crippen LogP contribution in [0.1, 0.15) is 50.5 Å². The van der Waals surface area contributed by atoms with E-state index in [-0.39, 0.29) is 11.4 Å². The molecular formula is C24H23F3. The molecule has 0 amide bonds. The lowest BCUT2D eigenvalue weighted by atomic mass is 9.77. The molecule has 1 aliphatic carbocycles. The van der Waals surface area contributed by atoms with Gasteiger partial charge in [-0.05, 0) is 66.2 Å². The van der Waals surface area contributed by atoms with E-state index < -0.39 is 11.6 Å². The van der Waals surface area contributed by atoms with Crippen molar-refractivity contribution in [3.05, 3.63) is 71.5 Å². The van der Waals surface area contributed by atoms with Crippen molar-refractivity contribution in [2.75, 3.05) is 0 Å². The van der Waals surface area contributed by atoms with Crippen molar-refractivity contribution in [3.8, 4) is 11.1 Å². The molecule has 1 fully saturated rings. The summed E-state index contributed by atoms with van der Waals surface area (Å²) in [6.45, 7) is 2.26. The lowest BCUT2D eigenvalue weighted by molar-refractivity contribution is 0.319. The molecule has 0 unspecified atom stereocenters. The third-order valence-electron chi connectivity index (χ3n) is 6.10. The van der Waals surface area contributed by atoms with Gasteiger partial charge in [-0.2, -0.15) is 0 Å². The molecule has 0 spiro atoms. The molecule has 0 N–H and O–H groups in total. The first-order valence-corrected chi connectivity index (χ1v) is 9.74. The van der Waals surface area contributed by atoms with Crippen molar-refractivity contribution in [1.82, 2.24) is 0 Å². The summed E-state index contributed by atoms with van der Waals surface area (Å²) in [4.78, 5) is 0. The van der Waals surface area contributed by atoms with Gasteiger partial charge >= 0.3 is 0 Å². The van der Waals surface area contributed by atoms with Crippen LogP contribution in [0.2, 0.25) is 0 Å². The quantitative estimate of drug-likeness (QED) is 0.446. The fourth-order valence-electron chi connectivity index (χ4n) is 4.35. The van der Waals surface area contributed by atoms with Gasteiger partial charge in [0.2, 0.25) is 0 Å². The van der Waals surface area contributed by atoms with Gasteiger partial charge in [0, 0.05) is 10.9 Å². The SMILES string of the molecule is CCC1CCC(c2ccc3c(F)c(-c4ccc(F)c(F)c4)ccc3c2)CC1. The Bertz CT molecular complexity index is 969. The molecule has 3 aromatic rings. The Morgan fingerprint density at radius 1 is 0.815 bits per heavy atom. The number of benzene rings is 3. The van der Waals surface area contributed by atoms with Gasteiger partial charge in [-0.25, -0.2) is 13.2 Å². The Labute approximate surface area is 158 Å². The van der Waals surface area contributed by atoms with E-state index in [0.717, 1.165) is 23.4 Å². The zero-order chi connectivity index (χ0) is 19.0. The topological polar surface area (TPSA) is 0 Å². The van der Waals surface area contributed by atoms with Crippen LogP contribution >= 0.6 is 0 Å². The summed E-state index contributed by atoms with van der Waals surface area (Å²) in [5, 5.41) is 1.37. The van der Waals surface area contributed by atoms with Crippen LogP contribution in [0.5, 0.6) is 0 Å². The van der Waals surface area contributed by atoms with Crippen molar-refractivity contribution in [3.63, 3.8) is 0 Å². The molecule has 0 aromatic heterocycles. The highest BCUT2D eigenvalue weighted by Gasteiger charge is 2.22. The molecule has 0 aliphatic heterocycles. The molecule has 0 nitrogen and oxygen atoms in total. The first kappa shape index (κ1) is 18.1. The molecule has 3 aromatic carbocycles. The number of halogens is 3. The maximum absolute atomic E-state index is 15.0. The molecule has 0 atom stereocenters. The summed E-state index contributed by atoms with van der Waals surface area (Å²) >= 11 is 0. The predicted octanol–water partition coefficient (Wildman–Crippen LogP) is 7.61. The van der Waals surface area contributed by atoms with Gasteiger partial charge in [-0.15, -0.1) is 0 Å². The van der Waals surface area contributed by atoms with E-state index in [1.807, 2.05) is 18.2 Å². The van der Waals surface area contributed by atoms with Crippen LogP contribution < -0.4 is 0 Å². The molecule has 0 radical (unpaired) electrons. The van der Waals surface area contributed by atoms with Crippen molar-refractivity contribution in [2.45, 2.75) is 44.9 Å². The summed E-state index contributed by atoms with van der Waals surface area (Å²) in [5.41, 5.74) is 1.91. The second-order valence-corrected chi connectivity index (χ2v) is 7.66. The van der Waals surface area contributed by atoms with Crippen LogP contribution in [0, 0.1) is 23.4 Å². The van der Waals surface area contributed by atoms with E-state index in [2.05, 4.69) is 13.0 Å². The van der Waals surface area contributed by atoms with E-state index in [1.165, 1.54) is 43.7 Å². The second-order valence-electron chi connectivity index (χ2n) is 7.66. The van der Waals surface area contributed by atoms with Crippen molar-refractivity contribution >= 4 is 10.8 Å². The minimum absolute atomic E-state index is 0.289. The number of hydrogen-bond donors (Lipinski definition) is 0. The fraction of sp³-hybridized carbons (Fsp3) is 0.333. The van der Waals surface area contributed by atoms with E-state index >= 15 is 4.39 Å². The van der Waals surface area contributed by atoms with E-state index in [1.54, 1.807) is 6.07 Å². The van der Waals surface area contributed by atoms with Crippen LogP contribution in [0.25, 0.3) is 21.9 Å². The number of hydrogen-bond acceptors (Lipinski definition) is 0. The molecule has 0 heterocycles. The van der Waals surface area contributed by atoms with Crippen LogP contribution in [-0.4, -0.2) is 0 Å². The van der Waals surface area contributed by atoms with Gasteiger partial charge < -0.3 is 0 Å². The first-order valence-electron chi connectivity index (χ1n) is 9.74. The second kappa shape index (κ2) is 7.38. The summed E-state index contributed by atoms with van der Waals surface area (Å²) < 4.78 is 41.7. The normalized spacial score (nSPS) is 20.1. The molecule has 27 heavy (non-hydrogen) atoms. The van der Waals surface area contributed by atoms with E-state index in [9.17, 15) is 8.78 Å². The molecule has 0 saturated heterocycles. The first-order chi connectivity index (χ1) is 13.1. The Balaban J connectivity index is 1.67. The summed E-state index contributed by atoms with van der Waals surface area (Å²) in [7, 11) is 0. The van der Waals surface area contributed by atoms with Crippen LogP contribution in [0.4, 0.5) is 13.2 Å². The van der Waals surface area contributed by atoms with Gasteiger partial charge in [0.25, 0.3) is 0 Å². The number of rotatable bonds is 3. The molecule has 1 aliphatic rings. The Morgan fingerprint density at radius 2 is 1.59 bits per heavy atom. The third-order valence-corrected chi connectivity index (χ3v) is 6.10. The number of fused-ring (bicyclic) bond motifs is 1. The Hall–Kier alpha value is -2.29. The Morgan fingerprint density at radius 3 is 2.30 bits per heavy atom. The van der Waals surface area contributed by atoms with Crippen LogP contribution in [0.15, 0.2) is 48.5 Å². The minimum Gasteiger partial charge on any atom is -0.206 e. The smallest absolute Gasteiger partial charge is 0.159 e. The molecular weight excluding hydrogens is 345 g/mol. The maximum atomic E-state index is 15.0. The van der Waals surface area contributed by atoms with E-state index in [0.29, 0.717) is 16.9 Å². The van der Waals surface area contributed by atoms with Crippen LogP contribution in [0.3, 0.4) is 0 Å². The van der Waals surface area contributed by atoms with Crippen molar-refractivity contribution in [1.29, 1.82) is 0 Å². The zero-order valence-corrected chi connectivity index (χ0v) is 15.4. The Kier molecular flexibility index (Phi) is 4.94. The van der Waals surface area contributed by atoms with Gasteiger partial charge in [0.15, 0.2) is 11.6 Å². The highest BCUT2D eigenvalue weighted by atomic mass is 19.2. The molecule has 0 bridgehead atoms.